The van der Waals surface area contributed by atoms with E-state index in [0.29, 0.717) is 71.6 Å². The number of benzene rings is 3. The number of hydrogen-bond donors (Lipinski definition) is 1. The number of fused-ring (bicyclic) bond motifs is 1. The molecular formula is C46H49Cl3N8O8S. The average Bonchev–Trinajstić information content (AvgIpc) is 3.52. The number of ether oxygens (including phenoxy) is 2. The first-order chi connectivity index (χ1) is 31.6. The first kappa shape index (κ1) is 46.1. The molecule has 3 aromatic carbocycles. The van der Waals surface area contributed by atoms with Gasteiger partial charge in [-0.3, -0.25) is 34.3 Å². The molecule has 20 heteroatoms. The smallest absolute Gasteiger partial charge is 0.262 e. The number of likely N-dealkylation sites (tertiary alicyclic amines) is 1. The minimum Gasteiger partial charge on any atom is -0.489 e. The summed E-state index contributed by atoms with van der Waals surface area (Å²) in [4.78, 5) is 66.9. The van der Waals surface area contributed by atoms with Gasteiger partial charge in [-0.05, 0) is 78.9 Å². The van der Waals surface area contributed by atoms with Crippen molar-refractivity contribution in [3.05, 3.63) is 105 Å². The second-order valence-corrected chi connectivity index (χ2v) is 20.8. The Labute approximate surface area is 398 Å². The Hall–Kier alpha value is -5.04. The highest BCUT2D eigenvalue weighted by Crippen LogP contribution is 2.41. The van der Waals surface area contributed by atoms with E-state index in [-0.39, 0.29) is 48.5 Å². The van der Waals surface area contributed by atoms with Crippen LogP contribution in [-0.2, 0) is 31.6 Å². The number of alkyl halides is 1. The molecule has 5 aliphatic heterocycles. The van der Waals surface area contributed by atoms with Crippen LogP contribution in [0.4, 0.5) is 11.6 Å². The maximum absolute atomic E-state index is 13.8. The number of sulfonamides is 1. The fourth-order valence-electron chi connectivity index (χ4n) is 9.46. The third-order valence-corrected chi connectivity index (χ3v) is 15.9. The molecule has 1 N–H and O–H groups in total. The number of rotatable bonds is 13. The van der Waals surface area contributed by atoms with Gasteiger partial charge in [0.15, 0.2) is 5.75 Å². The van der Waals surface area contributed by atoms with Crippen molar-refractivity contribution in [1.29, 1.82) is 0 Å². The van der Waals surface area contributed by atoms with E-state index < -0.39 is 45.1 Å². The number of amides is 4. The zero-order valence-electron chi connectivity index (χ0n) is 36.4. The molecule has 5 aliphatic rings. The molecule has 66 heavy (non-hydrogen) atoms. The number of imide groups is 2. The van der Waals surface area contributed by atoms with Gasteiger partial charge in [-0.2, -0.15) is 4.31 Å². The molecule has 4 saturated heterocycles. The lowest BCUT2D eigenvalue weighted by molar-refractivity contribution is -0.136. The number of anilines is 2. The van der Waals surface area contributed by atoms with E-state index in [1.807, 2.05) is 42.5 Å². The van der Waals surface area contributed by atoms with Gasteiger partial charge in [-0.15, -0.1) is 11.6 Å². The molecular weight excluding hydrogens is 931 g/mol. The zero-order chi connectivity index (χ0) is 46.5. The summed E-state index contributed by atoms with van der Waals surface area (Å²) in [5.74, 6) is -0.615. The van der Waals surface area contributed by atoms with Crippen LogP contribution >= 0.6 is 34.8 Å². The van der Waals surface area contributed by atoms with Gasteiger partial charge in [0.1, 0.15) is 30.9 Å². The fraction of sp³-hybridized carbons (Fsp3) is 0.435. The Bertz CT molecular complexity index is 2650. The van der Waals surface area contributed by atoms with Crippen LogP contribution in [0.3, 0.4) is 0 Å². The summed E-state index contributed by atoms with van der Waals surface area (Å²) < 4.78 is 40.9. The second-order valence-electron chi connectivity index (χ2n) is 17.7. The van der Waals surface area contributed by atoms with E-state index in [9.17, 15) is 27.6 Å². The summed E-state index contributed by atoms with van der Waals surface area (Å²) in [7, 11) is -3.64. The Balaban J connectivity index is 0.743. The highest BCUT2D eigenvalue weighted by molar-refractivity contribution is 7.89. The minimum atomic E-state index is -3.64. The lowest BCUT2D eigenvalue weighted by atomic mass is 9.78. The fourth-order valence-corrected chi connectivity index (χ4v) is 11.9. The molecule has 0 radical (unpaired) electrons. The van der Waals surface area contributed by atoms with Gasteiger partial charge >= 0.3 is 0 Å². The number of nitrogens with one attached hydrogen (secondary N) is 1. The maximum Gasteiger partial charge on any atom is 0.262 e. The molecule has 4 aromatic rings. The van der Waals surface area contributed by atoms with Crippen LogP contribution in [0.2, 0.25) is 10.0 Å². The van der Waals surface area contributed by atoms with Crippen LogP contribution in [0.25, 0.3) is 0 Å². The predicted octanol–water partition coefficient (Wildman–Crippen LogP) is 5.47. The highest BCUT2D eigenvalue weighted by Gasteiger charge is 2.46. The summed E-state index contributed by atoms with van der Waals surface area (Å²) in [6.45, 7) is 8.38. The molecule has 6 heterocycles. The first-order valence-corrected chi connectivity index (χ1v) is 24.8. The summed E-state index contributed by atoms with van der Waals surface area (Å²) in [5.41, 5.74) is 3.44. The molecule has 4 fully saturated rings. The topological polar surface area (TPSA) is 175 Å². The van der Waals surface area contributed by atoms with Crippen molar-refractivity contribution in [2.24, 2.45) is 0 Å². The third kappa shape index (κ3) is 9.05. The van der Waals surface area contributed by atoms with E-state index in [2.05, 4.69) is 38.9 Å². The molecule has 348 valence electrons. The van der Waals surface area contributed by atoms with Crippen LogP contribution in [0.1, 0.15) is 77.1 Å². The number of hydrogen-bond acceptors (Lipinski definition) is 13. The molecule has 0 bridgehead atoms. The van der Waals surface area contributed by atoms with Crippen molar-refractivity contribution >= 4 is 80.1 Å². The highest BCUT2D eigenvalue weighted by atomic mass is 35.5. The molecule has 16 nitrogen and oxygen atoms in total. The lowest BCUT2D eigenvalue weighted by Crippen LogP contribution is -2.63. The van der Waals surface area contributed by atoms with E-state index in [4.69, 9.17) is 44.3 Å². The summed E-state index contributed by atoms with van der Waals surface area (Å²) in [6, 6.07) is 17.5. The quantitative estimate of drug-likeness (QED) is 0.132. The lowest BCUT2D eigenvalue weighted by Gasteiger charge is -2.50. The van der Waals surface area contributed by atoms with Gasteiger partial charge < -0.3 is 19.3 Å². The molecule has 1 unspecified atom stereocenters. The Morgan fingerprint density at radius 3 is 2.20 bits per heavy atom. The average molecular weight is 980 g/mol. The van der Waals surface area contributed by atoms with Crippen LogP contribution in [0.15, 0.2) is 66.9 Å². The van der Waals surface area contributed by atoms with Gasteiger partial charge in [0.05, 0.1) is 32.7 Å². The van der Waals surface area contributed by atoms with Crippen molar-refractivity contribution in [1.82, 2.24) is 29.4 Å². The molecule has 0 spiro atoms. The summed E-state index contributed by atoms with van der Waals surface area (Å²) in [5, 5.41) is 3.05. The standard InChI is InChI=1S/C46H49Cl3N8O8S/c1-46(2,29-21-37(48)41(38(49)22-29)64-20-14-47)28-3-6-34(7-4-28)65-26-30-11-15-50-45(51-30)54-18-19-56(66(62,63)27-54)31-12-16-53(17-13-31)33-24-55(25-33)32-5-8-35-36(23-32)44(61)57(43(35)60)39-9-10-40(58)52-42(39)59/h3-8,11,15,21-23,31,33,39H,9-10,12-14,16-20,24-27H2,1-2H3,(H,52,58,59). The van der Waals surface area contributed by atoms with Crippen LogP contribution in [0.5, 0.6) is 11.5 Å². The molecule has 0 saturated carbocycles. The van der Waals surface area contributed by atoms with Gasteiger partial charge in [0.25, 0.3) is 11.8 Å². The van der Waals surface area contributed by atoms with Crippen LogP contribution < -0.4 is 24.6 Å². The molecule has 9 rings (SSSR count). The van der Waals surface area contributed by atoms with E-state index in [0.717, 1.165) is 47.9 Å². The number of aromatic nitrogens is 2. The Kier molecular flexibility index (Phi) is 13.0. The van der Waals surface area contributed by atoms with E-state index in [1.165, 1.54) is 0 Å². The number of nitrogens with zero attached hydrogens (tertiary/aromatic N) is 7. The van der Waals surface area contributed by atoms with Crippen molar-refractivity contribution < 1.29 is 37.1 Å². The number of halogens is 3. The van der Waals surface area contributed by atoms with Gasteiger partial charge in [-0.25, -0.2) is 18.4 Å². The monoisotopic (exact) mass is 978 g/mol. The summed E-state index contributed by atoms with van der Waals surface area (Å²) >= 11 is 18.8. The SMILES string of the molecule is CC(C)(c1ccc(OCc2ccnc(N3CCN(C4CCN(C5CN(c6ccc7c(c6)C(=O)N(C6CCC(=O)NC6=O)C7=O)C5)CC4)S(=O)(=O)C3)n2)cc1)c1cc(Cl)c(OCCCl)c(Cl)c1. The largest absolute Gasteiger partial charge is 0.489 e. The predicted molar refractivity (Wildman–Crippen MR) is 249 cm³/mol. The minimum absolute atomic E-state index is 0.0639. The van der Waals surface area contributed by atoms with E-state index >= 15 is 0 Å². The first-order valence-electron chi connectivity index (χ1n) is 21.9. The Morgan fingerprint density at radius 1 is 0.803 bits per heavy atom. The summed E-state index contributed by atoms with van der Waals surface area (Å²) in [6.07, 6.45) is 3.21. The van der Waals surface area contributed by atoms with Gasteiger partial charge in [-0.1, -0.05) is 49.2 Å². The number of piperidine rings is 2. The van der Waals surface area contributed by atoms with Crippen molar-refractivity contribution in [3.8, 4) is 11.5 Å². The van der Waals surface area contributed by atoms with Crippen molar-refractivity contribution in [2.75, 3.05) is 67.4 Å². The molecule has 0 aliphatic carbocycles. The van der Waals surface area contributed by atoms with Gasteiger partial charge in [0.2, 0.25) is 27.8 Å². The van der Waals surface area contributed by atoms with E-state index in [1.54, 1.807) is 33.6 Å². The molecule has 1 aromatic heterocycles. The molecule has 1 atom stereocenters. The van der Waals surface area contributed by atoms with Crippen LogP contribution in [0, 0.1) is 0 Å². The second kappa shape index (κ2) is 18.6. The van der Waals surface area contributed by atoms with Crippen LogP contribution in [-0.4, -0.2) is 132 Å². The maximum atomic E-state index is 13.8. The number of carbonyl (C=O) groups is 4. The van der Waals surface area contributed by atoms with Crippen molar-refractivity contribution in [3.63, 3.8) is 0 Å². The molecule has 4 amide bonds. The zero-order valence-corrected chi connectivity index (χ0v) is 39.5. The van der Waals surface area contributed by atoms with Gasteiger partial charge in [0, 0.05) is 75.1 Å². The van der Waals surface area contributed by atoms with Crippen molar-refractivity contribution in [2.45, 2.75) is 69.7 Å². The Morgan fingerprint density at radius 2 is 1.52 bits per heavy atom. The number of carbonyl (C=O) groups excluding carboxylic acids is 4. The normalized spacial score (nSPS) is 20.9. The third-order valence-electron chi connectivity index (χ3n) is 13.3.